The van der Waals surface area contributed by atoms with E-state index in [0.29, 0.717) is 38.3 Å². The molecule has 0 amide bonds. The molecular formula is C12H22O4. The third-order valence-electron chi connectivity index (χ3n) is 2.85. The van der Waals surface area contributed by atoms with Crippen LogP contribution in [-0.2, 0) is 9.47 Å². The predicted octanol–water partition coefficient (Wildman–Crippen LogP) is 0.587. The van der Waals surface area contributed by atoms with Gasteiger partial charge in [0.25, 0.3) is 0 Å². The van der Waals surface area contributed by atoms with Crippen molar-refractivity contribution in [3.05, 3.63) is 12.2 Å². The Morgan fingerprint density at radius 1 is 0.875 bits per heavy atom. The lowest BCUT2D eigenvalue weighted by Gasteiger charge is -2.28. The van der Waals surface area contributed by atoms with Gasteiger partial charge in [-0.05, 0) is 24.7 Å². The zero-order valence-corrected chi connectivity index (χ0v) is 9.68. The van der Waals surface area contributed by atoms with E-state index in [1.807, 2.05) is 0 Å². The summed E-state index contributed by atoms with van der Waals surface area (Å²) in [5, 5.41) is 17.3. The molecule has 4 nitrogen and oxygen atoms in total. The van der Waals surface area contributed by atoms with Crippen molar-refractivity contribution in [3.63, 3.8) is 0 Å². The first-order valence-electron chi connectivity index (χ1n) is 5.90. The molecule has 2 atom stereocenters. The van der Waals surface area contributed by atoms with Gasteiger partial charge in [0.05, 0.1) is 39.6 Å². The number of allylic oxidation sites excluding steroid dienone is 2. The molecule has 0 heterocycles. The van der Waals surface area contributed by atoms with Crippen molar-refractivity contribution in [2.75, 3.05) is 39.6 Å². The van der Waals surface area contributed by atoms with Crippen LogP contribution in [0.3, 0.4) is 0 Å². The maximum absolute atomic E-state index is 8.64. The van der Waals surface area contributed by atoms with Gasteiger partial charge < -0.3 is 19.7 Å². The van der Waals surface area contributed by atoms with Crippen molar-refractivity contribution < 1.29 is 19.7 Å². The van der Waals surface area contributed by atoms with Gasteiger partial charge in [0, 0.05) is 0 Å². The molecule has 0 aromatic carbocycles. The molecule has 0 aromatic rings. The van der Waals surface area contributed by atoms with Gasteiger partial charge >= 0.3 is 0 Å². The van der Waals surface area contributed by atoms with Crippen LogP contribution in [0.25, 0.3) is 0 Å². The van der Waals surface area contributed by atoms with Crippen LogP contribution in [0.2, 0.25) is 0 Å². The van der Waals surface area contributed by atoms with Gasteiger partial charge in [0.2, 0.25) is 0 Å². The summed E-state index contributed by atoms with van der Waals surface area (Å²) in [6, 6.07) is 0. The zero-order valence-electron chi connectivity index (χ0n) is 9.68. The fourth-order valence-electron chi connectivity index (χ4n) is 1.93. The Labute approximate surface area is 96.9 Å². The van der Waals surface area contributed by atoms with Crippen molar-refractivity contribution >= 4 is 0 Å². The number of hydrogen-bond acceptors (Lipinski definition) is 4. The number of hydrogen-bond donors (Lipinski definition) is 2. The van der Waals surface area contributed by atoms with E-state index in [-0.39, 0.29) is 13.2 Å². The van der Waals surface area contributed by atoms with E-state index >= 15 is 0 Å². The van der Waals surface area contributed by atoms with Gasteiger partial charge in [-0.25, -0.2) is 0 Å². The summed E-state index contributed by atoms with van der Waals surface area (Å²) < 4.78 is 10.7. The highest BCUT2D eigenvalue weighted by molar-refractivity contribution is 4.94. The smallest absolute Gasteiger partial charge is 0.0697 e. The van der Waals surface area contributed by atoms with Crippen LogP contribution in [0, 0.1) is 11.8 Å². The maximum atomic E-state index is 8.64. The van der Waals surface area contributed by atoms with Gasteiger partial charge in [0.1, 0.15) is 0 Å². The molecule has 1 aliphatic rings. The largest absolute Gasteiger partial charge is 0.394 e. The van der Waals surface area contributed by atoms with E-state index in [2.05, 4.69) is 12.2 Å². The standard InChI is InChI=1S/C12H22O4/c13-5-7-15-9-11-3-1-2-4-12(11)10-16-8-6-14/h1-2,11-14H,3-10H2. The monoisotopic (exact) mass is 230 g/mol. The molecule has 94 valence electrons. The fourth-order valence-corrected chi connectivity index (χ4v) is 1.93. The Morgan fingerprint density at radius 3 is 1.69 bits per heavy atom. The van der Waals surface area contributed by atoms with E-state index in [0.717, 1.165) is 12.8 Å². The van der Waals surface area contributed by atoms with Crippen LogP contribution >= 0.6 is 0 Å². The minimum absolute atomic E-state index is 0.0776. The molecule has 4 heteroatoms. The number of aliphatic hydroxyl groups is 2. The average molecular weight is 230 g/mol. The van der Waals surface area contributed by atoms with E-state index in [1.54, 1.807) is 0 Å². The molecule has 2 unspecified atom stereocenters. The molecule has 16 heavy (non-hydrogen) atoms. The van der Waals surface area contributed by atoms with E-state index in [4.69, 9.17) is 19.7 Å². The SMILES string of the molecule is OCCOCC1CC=CCC1COCCO. The summed E-state index contributed by atoms with van der Waals surface area (Å²) in [6.07, 6.45) is 6.38. The lowest BCUT2D eigenvalue weighted by atomic mass is 9.84. The Balaban J connectivity index is 2.24. The summed E-state index contributed by atoms with van der Waals surface area (Å²) >= 11 is 0. The molecule has 0 spiro atoms. The molecule has 0 fully saturated rings. The summed E-state index contributed by atoms with van der Waals surface area (Å²) in [5.74, 6) is 0.936. The molecule has 0 radical (unpaired) electrons. The third-order valence-corrected chi connectivity index (χ3v) is 2.85. The Kier molecular flexibility index (Phi) is 7.42. The average Bonchev–Trinajstić information content (AvgIpc) is 2.32. The van der Waals surface area contributed by atoms with Crippen LogP contribution < -0.4 is 0 Å². The fraction of sp³-hybridized carbons (Fsp3) is 0.833. The second kappa shape index (κ2) is 8.70. The van der Waals surface area contributed by atoms with Crippen LogP contribution in [-0.4, -0.2) is 49.9 Å². The molecule has 0 aliphatic heterocycles. The van der Waals surface area contributed by atoms with Gasteiger partial charge in [0.15, 0.2) is 0 Å². The Morgan fingerprint density at radius 2 is 1.31 bits per heavy atom. The first-order chi connectivity index (χ1) is 7.88. The summed E-state index contributed by atoms with van der Waals surface area (Å²) in [5.41, 5.74) is 0. The molecular weight excluding hydrogens is 208 g/mol. The van der Waals surface area contributed by atoms with Crippen LogP contribution in [0.15, 0.2) is 12.2 Å². The molecule has 0 aromatic heterocycles. The predicted molar refractivity (Wildman–Crippen MR) is 61.2 cm³/mol. The molecule has 1 rings (SSSR count). The molecule has 1 aliphatic carbocycles. The Hall–Kier alpha value is -0.420. The van der Waals surface area contributed by atoms with E-state index < -0.39 is 0 Å². The minimum atomic E-state index is 0.0776. The zero-order chi connectivity index (χ0) is 11.6. The lowest BCUT2D eigenvalue weighted by Crippen LogP contribution is -2.26. The molecule has 0 saturated heterocycles. The first kappa shape index (κ1) is 13.6. The van der Waals surface area contributed by atoms with Gasteiger partial charge in [-0.1, -0.05) is 12.2 Å². The maximum Gasteiger partial charge on any atom is 0.0697 e. The second-order valence-corrected chi connectivity index (χ2v) is 4.06. The number of aliphatic hydroxyl groups excluding tert-OH is 2. The lowest BCUT2D eigenvalue weighted by molar-refractivity contribution is 0.0130. The second-order valence-electron chi connectivity index (χ2n) is 4.06. The van der Waals surface area contributed by atoms with Crippen LogP contribution in [0.5, 0.6) is 0 Å². The minimum Gasteiger partial charge on any atom is -0.394 e. The van der Waals surface area contributed by atoms with Crippen molar-refractivity contribution in [2.24, 2.45) is 11.8 Å². The van der Waals surface area contributed by atoms with Crippen molar-refractivity contribution in [2.45, 2.75) is 12.8 Å². The summed E-state index contributed by atoms with van der Waals surface area (Å²) in [4.78, 5) is 0. The highest BCUT2D eigenvalue weighted by atomic mass is 16.5. The van der Waals surface area contributed by atoms with E-state index in [1.165, 1.54) is 0 Å². The van der Waals surface area contributed by atoms with Crippen molar-refractivity contribution in [1.29, 1.82) is 0 Å². The van der Waals surface area contributed by atoms with Crippen LogP contribution in [0.4, 0.5) is 0 Å². The number of rotatable bonds is 8. The topological polar surface area (TPSA) is 58.9 Å². The Bertz CT molecular complexity index is 173. The molecule has 0 saturated carbocycles. The molecule has 2 N–H and O–H groups in total. The summed E-state index contributed by atoms with van der Waals surface area (Å²) in [7, 11) is 0. The van der Waals surface area contributed by atoms with Gasteiger partial charge in [-0.3, -0.25) is 0 Å². The highest BCUT2D eigenvalue weighted by Crippen LogP contribution is 2.26. The van der Waals surface area contributed by atoms with Crippen LogP contribution in [0.1, 0.15) is 12.8 Å². The normalized spacial score (nSPS) is 24.9. The summed E-state index contributed by atoms with van der Waals surface area (Å²) in [6.45, 7) is 2.33. The number of ether oxygens (including phenoxy) is 2. The highest BCUT2D eigenvalue weighted by Gasteiger charge is 2.22. The van der Waals surface area contributed by atoms with Gasteiger partial charge in [-0.2, -0.15) is 0 Å². The quantitative estimate of drug-likeness (QED) is 0.473. The van der Waals surface area contributed by atoms with Gasteiger partial charge in [-0.15, -0.1) is 0 Å². The van der Waals surface area contributed by atoms with Crippen molar-refractivity contribution in [1.82, 2.24) is 0 Å². The first-order valence-corrected chi connectivity index (χ1v) is 5.90. The molecule has 0 bridgehead atoms. The van der Waals surface area contributed by atoms with Crippen molar-refractivity contribution in [3.8, 4) is 0 Å². The third kappa shape index (κ3) is 5.07. The van der Waals surface area contributed by atoms with E-state index in [9.17, 15) is 0 Å².